The van der Waals surface area contributed by atoms with E-state index in [0.29, 0.717) is 40.3 Å². The van der Waals surface area contributed by atoms with Crippen LogP contribution < -0.4 is 24.3 Å². The Labute approximate surface area is 286 Å². The number of para-hydroxylation sites is 3. The number of methoxy groups -OCH3 is 4. The number of ether oxygens (including phenoxy) is 4. The Balaban J connectivity index is 1.30. The highest BCUT2D eigenvalue weighted by Gasteiger charge is 2.36. The van der Waals surface area contributed by atoms with E-state index in [2.05, 4.69) is 15.5 Å². The molecule has 3 heterocycles. The fourth-order valence-electron chi connectivity index (χ4n) is 5.53. The summed E-state index contributed by atoms with van der Waals surface area (Å²) in [5.41, 5.74) is 3.02. The lowest BCUT2D eigenvalue weighted by Gasteiger charge is -2.24. The molecule has 0 fully saturated rings. The number of rotatable bonds is 13. The van der Waals surface area contributed by atoms with Crippen molar-refractivity contribution in [3.8, 4) is 28.7 Å². The second-order valence-corrected chi connectivity index (χ2v) is 11.6. The van der Waals surface area contributed by atoms with Crippen molar-refractivity contribution in [3.63, 3.8) is 0 Å². The second kappa shape index (κ2) is 15.0. The van der Waals surface area contributed by atoms with Crippen LogP contribution in [0.4, 0.5) is 0 Å². The molecule has 6 rings (SSSR count). The van der Waals surface area contributed by atoms with Gasteiger partial charge in [0.2, 0.25) is 0 Å². The molecule has 5 aromatic rings. The quantitative estimate of drug-likeness (QED) is 0.163. The van der Waals surface area contributed by atoms with Crippen molar-refractivity contribution in [1.82, 2.24) is 25.1 Å². The summed E-state index contributed by atoms with van der Waals surface area (Å²) in [6.45, 7) is 0.0401. The van der Waals surface area contributed by atoms with Crippen molar-refractivity contribution in [2.75, 3.05) is 34.2 Å². The molecule has 1 aliphatic heterocycles. The molecule has 1 aliphatic rings. The van der Waals surface area contributed by atoms with E-state index in [4.69, 9.17) is 28.5 Å². The number of nitrogens with one attached hydrogen (secondary N) is 1. The lowest BCUT2D eigenvalue weighted by atomic mass is 9.97. The lowest BCUT2D eigenvalue weighted by molar-refractivity contribution is -0.130. The van der Waals surface area contributed by atoms with Gasteiger partial charge in [0, 0.05) is 12.0 Å². The van der Waals surface area contributed by atoms with E-state index in [0.717, 1.165) is 22.6 Å². The molecule has 2 aromatic heterocycles. The standard InChI is InChI=1S/C35H34N6O7S/c1-44-23-16-14-22(15-17-23)25-19-27(24-9-7-12-29(46-3)33(24)47-4)41(39-25)32(42)21-49-35-38-37-31(20-36-34(43)30-13-8-18-48-30)40(35)26-10-5-6-11-28(26)45-2/h5-18,27H,19-21H2,1-4H3,(H,36,43)/t27-/m1/s1. The van der Waals surface area contributed by atoms with Gasteiger partial charge in [-0.1, -0.05) is 36.0 Å². The van der Waals surface area contributed by atoms with Crippen LogP contribution in [0.1, 0.15) is 40.0 Å². The Morgan fingerprint density at radius 1 is 0.878 bits per heavy atom. The first kappa shape index (κ1) is 33.2. The minimum Gasteiger partial charge on any atom is -0.497 e. The summed E-state index contributed by atoms with van der Waals surface area (Å²) in [6.07, 6.45) is 1.88. The van der Waals surface area contributed by atoms with Gasteiger partial charge in [-0.15, -0.1) is 10.2 Å². The minimum atomic E-state index is -0.463. The van der Waals surface area contributed by atoms with E-state index < -0.39 is 11.9 Å². The van der Waals surface area contributed by atoms with Crippen molar-refractivity contribution in [3.05, 3.63) is 108 Å². The molecule has 49 heavy (non-hydrogen) atoms. The zero-order valence-corrected chi connectivity index (χ0v) is 28.1. The molecular formula is C35H34N6O7S. The van der Waals surface area contributed by atoms with Gasteiger partial charge < -0.3 is 28.7 Å². The minimum absolute atomic E-state index is 0.0196. The zero-order valence-electron chi connectivity index (χ0n) is 27.3. The van der Waals surface area contributed by atoms with E-state index in [1.165, 1.54) is 23.0 Å². The van der Waals surface area contributed by atoms with E-state index in [1.54, 1.807) is 45.1 Å². The van der Waals surface area contributed by atoms with Gasteiger partial charge in [-0.3, -0.25) is 14.2 Å². The molecule has 0 aliphatic carbocycles. The highest BCUT2D eigenvalue weighted by atomic mass is 32.2. The van der Waals surface area contributed by atoms with Crippen LogP contribution in [0.15, 0.2) is 99.8 Å². The van der Waals surface area contributed by atoms with E-state index >= 15 is 0 Å². The summed E-state index contributed by atoms with van der Waals surface area (Å²) in [4.78, 5) is 26.8. The number of thioether (sulfide) groups is 1. The molecule has 252 valence electrons. The second-order valence-electron chi connectivity index (χ2n) is 10.7. The molecule has 1 N–H and O–H groups in total. The maximum atomic E-state index is 14.1. The van der Waals surface area contributed by atoms with Crippen LogP contribution in [0.5, 0.6) is 23.0 Å². The van der Waals surface area contributed by atoms with Gasteiger partial charge in [0.05, 0.1) is 64.4 Å². The number of nitrogens with zero attached hydrogens (tertiary/aromatic N) is 5. The number of benzene rings is 3. The summed E-state index contributed by atoms with van der Waals surface area (Å²) < 4.78 is 29.3. The van der Waals surface area contributed by atoms with Crippen molar-refractivity contribution in [2.24, 2.45) is 5.10 Å². The normalized spacial score (nSPS) is 13.9. The molecule has 0 bridgehead atoms. The largest absolute Gasteiger partial charge is 0.497 e. The lowest BCUT2D eigenvalue weighted by Crippen LogP contribution is -2.29. The maximum absolute atomic E-state index is 14.1. The van der Waals surface area contributed by atoms with Gasteiger partial charge in [-0.05, 0) is 60.2 Å². The first-order chi connectivity index (χ1) is 23.9. The molecule has 0 unspecified atom stereocenters. The number of hydrogen-bond donors (Lipinski definition) is 1. The topological polar surface area (TPSA) is 143 Å². The van der Waals surface area contributed by atoms with Crippen LogP contribution in [0, 0.1) is 0 Å². The molecule has 0 saturated heterocycles. The van der Waals surface area contributed by atoms with Gasteiger partial charge in [0.1, 0.15) is 11.5 Å². The molecule has 3 aromatic carbocycles. The molecule has 14 heteroatoms. The Bertz CT molecular complexity index is 1960. The average Bonchev–Trinajstić information content (AvgIpc) is 3.93. The molecule has 1 atom stereocenters. The average molecular weight is 683 g/mol. The van der Waals surface area contributed by atoms with Crippen LogP contribution >= 0.6 is 11.8 Å². The first-order valence-corrected chi connectivity index (χ1v) is 16.2. The predicted octanol–water partition coefficient (Wildman–Crippen LogP) is 5.29. The van der Waals surface area contributed by atoms with Crippen LogP contribution in [0.25, 0.3) is 5.69 Å². The number of hydrazone groups is 1. The summed E-state index contributed by atoms with van der Waals surface area (Å²) in [5, 5.41) is 18.3. The van der Waals surface area contributed by atoms with E-state index in [1.807, 2.05) is 66.7 Å². The third-order valence-electron chi connectivity index (χ3n) is 7.88. The molecule has 0 radical (unpaired) electrons. The Morgan fingerprint density at radius 3 is 2.37 bits per heavy atom. The predicted molar refractivity (Wildman–Crippen MR) is 182 cm³/mol. The molecular weight excluding hydrogens is 648 g/mol. The van der Waals surface area contributed by atoms with Crippen LogP contribution in [-0.4, -0.2) is 71.5 Å². The van der Waals surface area contributed by atoms with Gasteiger partial charge in [-0.2, -0.15) is 5.10 Å². The van der Waals surface area contributed by atoms with E-state index in [-0.39, 0.29) is 24.0 Å². The number of hydrogen-bond acceptors (Lipinski definition) is 11. The van der Waals surface area contributed by atoms with Crippen molar-refractivity contribution < 1.29 is 33.0 Å². The third-order valence-corrected chi connectivity index (χ3v) is 8.80. The number of aromatic nitrogens is 3. The summed E-state index contributed by atoms with van der Waals surface area (Å²) in [5.74, 6) is 2.29. The molecule has 0 spiro atoms. The fraction of sp³-hybridized carbons (Fsp3) is 0.229. The number of carbonyl (C=O) groups excluding carboxylic acids is 2. The Morgan fingerprint density at radius 2 is 1.65 bits per heavy atom. The van der Waals surface area contributed by atoms with Crippen molar-refractivity contribution in [1.29, 1.82) is 0 Å². The zero-order chi connectivity index (χ0) is 34.3. The van der Waals surface area contributed by atoms with Crippen LogP contribution in [0.2, 0.25) is 0 Å². The monoisotopic (exact) mass is 682 g/mol. The summed E-state index contributed by atoms with van der Waals surface area (Å²) >= 11 is 1.20. The van der Waals surface area contributed by atoms with Crippen LogP contribution in [0.3, 0.4) is 0 Å². The highest BCUT2D eigenvalue weighted by Crippen LogP contribution is 2.42. The van der Waals surface area contributed by atoms with Crippen molar-refractivity contribution in [2.45, 2.75) is 24.2 Å². The summed E-state index contributed by atoms with van der Waals surface area (Å²) in [7, 11) is 6.32. The van der Waals surface area contributed by atoms with Gasteiger partial charge in [0.25, 0.3) is 11.8 Å². The highest BCUT2D eigenvalue weighted by molar-refractivity contribution is 7.99. The third kappa shape index (κ3) is 6.94. The number of furan rings is 1. The van der Waals surface area contributed by atoms with Gasteiger partial charge >= 0.3 is 0 Å². The Hall–Kier alpha value is -5.76. The summed E-state index contributed by atoms with van der Waals surface area (Å²) in [6, 6.07) is 23.2. The molecule has 2 amide bonds. The van der Waals surface area contributed by atoms with Crippen LogP contribution in [-0.2, 0) is 11.3 Å². The van der Waals surface area contributed by atoms with Crippen molar-refractivity contribution >= 4 is 29.3 Å². The number of carbonyl (C=O) groups is 2. The number of amides is 2. The molecule has 0 saturated carbocycles. The maximum Gasteiger partial charge on any atom is 0.287 e. The van der Waals surface area contributed by atoms with Gasteiger partial charge in [-0.25, -0.2) is 5.01 Å². The molecule has 13 nitrogen and oxygen atoms in total. The smallest absolute Gasteiger partial charge is 0.287 e. The van der Waals surface area contributed by atoms with Gasteiger partial charge in [0.15, 0.2) is 28.2 Å². The first-order valence-electron chi connectivity index (χ1n) is 15.2. The Kier molecular flexibility index (Phi) is 10.1. The fourth-order valence-corrected chi connectivity index (χ4v) is 6.34. The van der Waals surface area contributed by atoms with E-state index in [9.17, 15) is 9.59 Å². The SMILES string of the molecule is COc1ccc(C2=NN(C(=O)CSc3nnc(CNC(=O)c4ccco4)n3-c3ccccc3OC)[C@@H](c3cccc(OC)c3OC)C2)cc1.